The summed E-state index contributed by atoms with van der Waals surface area (Å²) >= 11 is 0. The van der Waals surface area contributed by atoms with Gasteiger partial charge in [0, 0.05) is 5.41 Å². The van der Waals surface area contributed by atoms with Crippen LogP contribution in [0.5, 0.6) is 0 Å². The van der Waals surface area contributed by atoms with Crippen LogP contribution in [-0.2, 0) is 19.1 Å². The Bertz CT molecular complexity index is 1090. The van der Waals surface area contributed by atoms with Gasteiger partial charge in [-0.05, 0) is 117 Å². The Morgan fingerprint density at radius 3 is 2.12 bits per heavy atom. The number of esters is 1. The van der Waals surface area contributed by atoms with Gasteiger partial charge in [-0.3, -0.25) is 14.4 Å². The zero-order chi connectivity index (χ0) is 29.5. The molecule has 5 aliphatic carbocycles. The van der Waals surface area contributed by atoms with Gasteiger partial charge in [-0.2, -0.15) is 0 Å². The van der Waals surface area contributed by atoms with Crippen LogP contribution in [0.2, 0.25) is 0 Å². The summed E-state index contributed by atoms with van der Waals surface area (Å²) in [6.07, 6.45) is 9.33. The predicted molar refractivity (Wildman–Crippen MR) is 153 cm³/mol. The topological polar surface area (TPSA) is 101 Å². The zero-order valence-electron chi connectivity index (χ0n) is 25.7. The largest absolute Gasteiger partial charge is 0.481 e. The van der Waals surface area contributed by atoms with Gasteiger partial charge in [-0.15, -0.1) is 0 Å². The van der Waals surface area contributed by atoms with Crippen LogP contribution in [0.15, 0.2) is 12.2 Å². The van der Waals surface area contributed by atoms with Gasteiger partial charge in [-0.1, -0.05) is 46.8 Å². The zero-order valence-corrected chi connectivity index (χ0v) is 25.7. The molecule has 0 spiro atoms. The van der Waals surface area contributed by atoms with E-state index in [1.165, 1.54) is 5.57 Å². The number of fused-ring (bicyclic) bond motifs is 7. The molecule has 5 aliphatic rings. The summed E-state index contributed by atoms with van der Waals surface area (Å²) in [6.45, 7) is 18.6. The Morgan fingerprint density at radius 2 is 1.50 bits per heavy atom. The molecule has 3 unspecified atom stereocenters. The van der Waals surface area contributed by atoms with Crippen LogP contribution < -0.4 is 0 Å². The van der Waals surface area contributed by atoms with Gasteiger partial charge in [-0.25, -0.2) is 0 Å². The minimum atomic E-state index is -0.974. The summed E-state index contributed by atoms with van der Waals surface area (Å²) in [5, 5.41) is 19.6. The molecule has 6 nitrogen and oxygen atoms in total. The summed E-state index contributed by atoms with van der Waals surface area (Å²) in [7, 11) is 0. The van der Waals surface area contributed by atoms with Crippen LogP contribution >= 0.6 is 0 Å². The first-order valence-corrected chi connectivity index (χ1v) is 15.8. The molecule has 5 rings (SSSR count). The maximum atomic E-state index is 12.9. The predicted octanol–water partition coefficient (Wildman–Crippen LogP) is 7.51. The average molecular weight is 557 g/mol. The second-order valence-corrected chi connectivity index (χ2v) is 15.9. The summed E-state index contributed by atoms with van der Waals surface area (Å²) in [6, 6.07) is 0. The number of hydrogen-bond acceptors (Lipinski definition) is 4. The first kappa shape index (κ1) is 29.6. The minimum absolute atomic E-state index is 0.0749. The molecule has 0 saturated heterocycles. The molecule has 0 bridgehead atoms. The first-order chi connectivity index (χ1) is 18.5. The van der Waals surface area contributed by atoms with Gasteiger partial charge in [0.05, 0.1) is 18.3 Å². The maximum Gasteiger partial charge on any atom is 0.309 e. The molecule has 10 atom stereocenters. The van der Waals surface area contributed by atoms with Gasteiger partial charge in [0.25, 0.3) is 0 Å². The number of hydrogen-bond donors (Lipinski definition) is 2. The van der Waals surface area contributed by atoms with E-state index < -0.39 is 23.3 Å². The van der Waals surface area contributed by atoms with Crippen molar-refractivity contribution in [1.82, 2.24) is 0 Å². The number of carbonyl (C=O) groups excluding carboxylic acids is 1. The molecular weight excluding hydrogens is 504 g/mol. The molecule has 0 aliphatic heterocycles. The summed E-state index contributed by atoms with van der Waals surface area (Å²) in [4.78, 5) is 36.4. The van der Waals surface area contributed by atoms with E-state index in [2.05, 4.69) is 48.1 Å². The van der Waals surface area contributed by atoms with Crippen molar-refractivity contribution in [2.75, 3.05) is 0 Å². The third-order valence-electron chi connectivity index (χ3n) is 14.2. The van der Waals surface area contributed by atoms with Crippen molar-refractivity contribution in [3.05, 3.63) is 12.2 Å². The second kappa shape index (κ2) is 9.59. The van der Waals surface area contributed by atoms with E-state index in [1.807, 2.05) is 0 Å². The number of carboxylic acid groups (broad SMARTS) is 2. The van der Waals surface area contributed by atoms with Crippen LogP contribution in [0.3, 0.4) is 0 Å². The third kappa shape index (κ3) is 3.96. The van der Waals surface area contributed by atoms with Gasteiger partial charge in [0.15, 0.2) is 0 Å². The van der Waals surface area contributed by atoms with E-state index in [1.54, 1.807) is 0 Å². The molecule has 0 amide bonds. The van der Waals surface area contributed by atoms with Gasteiger partial charge in [0.2, 0.25) is 0 Å². The molecule has 6 heteroatoms. The quantitative estimate of drug-likeness (QED) is 0.259. The van der Waals surface area contributed by atoms with Crippen molar-refractivity contribution in [1.29, 1.82) is 0 Å². The van der Waals surface area contributed by atoms with Crippen LogP contribution in [0.4, 0.5) is 0 Å². The van der Waals surface area contributed by atoms with Crippen molar-refractivity contribution in [2.24, 2.45) is 56.7 Å². The molecule has 0 aromatic rings. The van der Waals surface area contributed by atoms with Crippen LogP contribution in [-0.4, -0.2) is 34.2 Å². The van der Waals surface area contributed by atoms with E-state index in [9.17, 15) is 19.5 Å². The fourth-order valence-electron chi connectivity index (χ4n) is 12.1. The van der Waals surface area contributed by atoms with Crippen molar-refractivity contribution in [3.63, 3.8) is 0 Å². The maximum absolute atomic E-state index is 12.9. The lowest BCUT2D eigenvalue weighted by Gasteiger charge is -2.72. The van der Waals surface area contributed by atoms with E-state index >= 15 is 0 Å². The molecule has 0 aromatic carbocycles. The highest BCUT2D eigenvalue weighted by Crippen LogP contribution is 2.77. The minimum Gasteiger partial charge on any atom is -0.481 e. The number of carbonyl (C=O) groups is 3. The lowest BCUT2D eigenvalue weighted by atomic mass is 9.32. The number of allylic oxidation sites excluding steroid dienone is 1. The molecule has 0 aromatic heterocycles. The molecule has 0 radical (unpaired) electrons. The molecule has 224 valence electrons. The Balaban J connectivity index is 1.43. The third-order valence-corrected chi connectivity index (χ3v) is 14.2. The Morgan fingerprint density at radius 1 is 0.800 bits per heavy atom. The number of ether oxygens (including phenoxy) is 1. The Labute approximate surface area is 240 Å². The molecule has 0 heterocycles. The summed E-state index contributed by atoms with van der Waals surface area (Å²) in [5.41, 5.74) is 0.734. The van der Waals surface area contributed by atoms with E-state index in [0.717, 1.165) is 64.2 Å². The van der Waals surface area contributed by atoms with E-state index in [4.69, 9.17) is 9.84 Å². The summed E-state index contributed by atoms with van der Waals surface area (Å²) < 4.78 is 5.97. The van der Waals surface area contributed by atoms with E-state index in [-0.39, 0.29) is 46.5 Å². The van der Waals surface area contributed by atoms with Crippen LogP contribution in [0.25, 0.3) is 0 Å². The molecular formula is C34H52O6. The normalized spacial score (nSPS) is 47.1. The Kier molecular flexibility index (Phi) is 7.11. The fraction of sp³-hybridized carbons (Fsp3) is 0.853. The van der Waals surface area contributed by atoms with E-state index in [0.29, 0.717) is 23.7 Å². The van der Waals surface area contributed by atoms with Crippen LogP contribution in [0.1, 0.15) is 119 Å². The monoisotopic (exact) mass is 556 g/mol. The molecule has 5 saturated carbocycles. The van der Waals surface area contributed by atoms with Crippen molar-refractivity contribution in [3.8, 4) is 0 Å². The molecule has 5 fully saturated rings. The molecule has 40 heavy (non-hydrogen) atoms. The fourth-order valence-corrected chi connectivity index (χ4v) is 12.1. The van der Waals surface area contributed by atoms with Crippen molar-refractivity contribution >= 4 is 17.9 Å². The van der Waals surface area contributed by atoms with Crippen molar-refractivity contribution in [2.45, 2.75) is 125 Å². The van der Waals surface area contributed by atoms with Gasteiger partial charge < -0.3 is 14.9 Å². The van der Waals surface area contributed by atoms with Gasteiger partial charge in [0.1, 0.15) is 6.10 Å². The lowest BCUT2D eigenvalue weighted by molar-refractivity contribution is -0.250. The smallest absolute Gasteiger partial charge is 0.309 e. The highest BCUT2D eigenvalue weighted by molar-refractivity contribution is 5.77. The number of carboxylic acids is 2. The van der Waals surface area contributed by atoms with Gasteiger partial charge >= 0.3 is 17.9 Å². The Hall–Kier alpha value is -1.85. The standard InChI is InChI=1S/C34H52O6/c1-20(2)21-12-17-34(29(38)39)19-18-32(6)22(28(21)34)8-9-24-31(5)15-14-25(40-27(37)11-10-26(35)36)30(3,4)23(31)13-16-33(24,32)7/h21-25,28H,1,8-19H2,2-7H3,(H,35,36)(H,38,39)/t21-,22+,23?,24?,25-,28?,31-,32+,33+,34-/m0/s1. The summed E-state index contributed by atoms with van der Waals surface area (Å²) in [5.74, 6) is -0.0961. The highest BCUT2D eigenvalue weighted by Gasteiger charge is 2.72. The number of aliphatic carboxylic acids is 2. The molecule has 2 N–H and O–H groups in total. The van der Waals surface area contributed by atoms with Crippen LogP contribution in [0, 0.1) is 56.7 Å². The number of rotatable bonds is 6. The lowest BCUT2D eigenvalue weighted by Crippen LogP contribution is -2.67. The first-order valence-electron chi connectivity index (χ1n) is 15.8. The highest BCUT2D eigenvalue weighted by atomic mass is 16.5. The second-order valence-electron chi connectivity index (χ2n) is 15.9. The SMILES string of the molecule is C=C(C)[C@@H]1CC[C@]2(C(=O)O)CC[C@]3(C)[C@H](CCC4[C@@]5(C)CC[C@H](OC(=O)CCC(=O)O)C(C)(C)C5CC[C@]43C)C12. The van der Waals surface area contributed by atoms with Crippen molar-refractivity contribution < 1.29 is 29.3 Å². The average Bonchev–Trinajstić information content (AvgIpc) is 3.26.